The van der Waals surface area contributed by atoms with E-state index in [2.05, 4.69) is 10.3 Å². The first-order chi connectivity index (χ1) is 8.20. The minimum absolute atomic E-state index is 0.0733. The Morgan fingerprint density at radius 1 is 1.47 bits per heavy atom. The molecule has 0 amide bonds. The third-order valence-electron chi connectivity index (χ3n) is 2.57. The highest BCUT2D eigenvalue weighted by Crippen LogP contribution is 2.14. The van der Waals surface area contributed by atoms with Gasteiger partial charge in [-0.1, -0.05) is 0 Å². The normalized spacial score (nSPS) is 10.9. The van der Waals surface area contributed by atoms with E-state index >= 15 is 0 Å². The van der Waals surface area contributed by atoms with E-state index in [1.807, 2.05) is 7.05 Å². The lowest BCUT2D eigenvalue weighted by molar-refractivity contribution is 0.0980. The van der Waals surface area contributed by atoms with Crippen LogP contribution in [0.15, 0.2) is 27.4 Å². The van der Waals surface area contributed by atoms with Crippen LogP contribution in [-0.4, -0.2) is 24.4 Å². The average molecular weight is 234 g/mol. The topological polar surface area (TPSA) is 75.1 Å². The minimum atomic E-state index is -0.500. The predicted octanol–water partition coefficient (Wildman–Crippen LogP) is 1.30. The molecule has 0 aliphatic rings. The van der Waals surface area contributed by atoms with E-state index in [4.69, 9.17) is 4.42 Å². The van der Waals surface area contributed by atoms with E-state index < -0.39 is 5.76 Å². The number of ketones is 1. The molecular weight excluding hydrogens is 220 g/mol. The quantitative estimate of drug-likeness (QED) is 0.604. The van der Waals surface area contributed by atoms with Crippen LogP contribution in [0.4, 0.5) is 0 Å². The number of hydrogen-bond acceptors (Lipinski definition) is 4. The molecule has 0 saturated heterocycles. The predicted molar refractivity (Wildman–Crippen MR) is 64.3 cm³/mol. The van der Waals surface area contributed by atoms with Crippen LogP contribution in [0.3, 0.4) is 0 Å². The van der Waals surface area contributed by atoms with Crippen LogP contribution < -0.4 is 11.1 Å². The number of H-pyrrole nitrogens is 1. The number of oxazole rings is 1. The van der Waals surface area contributed by atoms with Gasteiger partial charge in [0.2, 0.25) is 0 Å². The van der Waals surface area contributed by atoms with Crippen LogP contribution in [0.1, 0.15) is 23.2 Å². The number of hydrogen-bond donors (Lipinski definition) is 2. The highest BCUT2D eigenvalue weighted by Gasteiger charge is 2.08. The van der Waals surface area contributed by atoms with Crippen molar-refractivity contribution in [2.45, 2.75) is 12.8 Å². The van der Waals surface area contributed by atoms with Gasteiger partial charge < -0.3 is 9.73 Å². The van der Waals surface area contributed by atoms with Crippen LogP contribution in [0, 0.1) is 0 Å². The molecule has 1 heterocycles. The number of Topliss-reactive ketones (excluding diaryl/α,β-unsaturated/α-hetero) is 1. The summed E-state index contributed by atoms with van der Waals surface area (Å²) in [6, 6.07) is 4.97. The molecule has 0 spiro atoms. The molecule has 5 heteroatoms. The molecule has 0 unspecified atom stereocenters. The van der Waals surface area contributed by atoms with E-state index in [1.54, 1.807) is 18.2 Å². The van der Waals surface area contributed by atoms with Crippen molar-refractivity contribution in [1.29, 1.82) is 0 Å². The molecule has 0 saturated carbocycles. The van der Waals surface area contributed by atoms with Crippen LogP contribution in [0.25, 0.3) is 11.1 Å². The van der Waals surface area contributed by atoms with Crippen molar-refractivity contribution >= 4 is 16.9 Å². The number of carbonyl (C=O) groups excluding carboxylic acids is 1. The second kappa shape index (κ2) is 4.97. The Morgan fingerprint density at radius 2 is 2.29 bits per heavy atom. The van der Waals surface area contributed by atoms with Gasteiger partial charge in [-0.25, -0.2) is 4.79 Å². The maximum atomic E-state index is 11.8. The first-order valence-electron chi connectivity index (χ1n) is 5.51. The van der Waals surface area contributed by atoms with Crippen LogP contribution >= 0.6 is 0 Å². The van der Waals surface area contributed by atoms with Gasteiger partial charge in [-0.15, -0.1) is 0 Å². The summed E-state index contributed by atoms with van der Waals surface area (Å²) < 4.78 is 4.87. The summed E-state index contributed by atoms with van der Waals surface area (Å²) in [5.41, 5.74) is 1.64. The molecule has 1 aromatic heterocycles. The molecule has 0 bridgehead atoms. The molecule has 5 nitrogen and oxygen atoms in total. The van der Waals surface area contributed by atoms with Crippen molar-refractivity contribution < 1.29 is 9.21 Å². The molecule has 0 fully saturated rings. The number of nitrogens with one attached hydrogen (secondary N) is 2. The first-order valence-corrected chi connectivity index (χ1v) is 5.51. The lowest BCUT2D eigenvalue weighted by atomic mass is 10.1. The monoisotopic (exact) mass is 234 g/mol. The molecule has 0 radical (unpaired) electrons. The highest BCUT2D eigenvalue weighted by molar-refractivity contribution is 5.98. The van der Waals surface area contributed by atoms with E-state index in [0.29, 0.717) is 23.1 Å². The average Bonchev–Trinajstić information content (AvgIpc) is 2.68. The van der Waals surface area contributed by atoms with E-state index in [1.165, 1.54) is 0 Å². The Morgan fingerprint density at radius 3 is 3.06 bits per heavy atom. The summed E-state index contributed by atoms with van der Waals surface area (Å²) in [6.45, 7) is 0.816. The standard InChI is InChI=1S/C12H14N2O3/c1-13-6-2-3-10(15)8-4-5-11-9(7-8)14-12(16)17-11/h4-5,7,13H,2-3,6H2,1H3,(H,14,16). The van der Waals surface area contributed by atoms with Crippen molar-refractivity contribution in [2.75, 3.05) is 13.6 Å². The summed E-state index contributed by atoms with van der Waals surface area (Å²) in [4.78, 5) is 25.3. The molecule has 2 N–H and O–H groups in total. The third-order valence-corrected chi connectivity index (χ3v) is 2.57. The van der Waals surface area contributed by atoms with Gasteiger partial charge in [-0.2, -0.15) is 0 Å². The number of benzene rings is 1. The van der Waals surface area contributed by atoms with E-state index in [-0.39, 0.29) is 5.78 Å². The molecular formula is C12H14N2O3. The zero-order valence-corrected chi connectivity index (χ0v) is 9.58. The van der Waals surface area contributed by atoms with Gasteiger partial charge in [-0.05, 0) is 38.2 Å². The van der Waals surface area contributed by atoms with Gasteiger partial charge in [0.15, 0.2) is 11.4 Å². The Labute approximate surface area is 97.8 Å². The second-order valence-corrected chi connectivity index (χ2v) is 3.86. The zero-order chi connectivity index (χ0) is 12.3. The number of fused-ring (bicyclic) bond motifs is 1. The smallest absolute Gasteiger partial charge is 0.408 e. The van der Waals surface area contributed by atoms with Crippen molar-refractivity contribution in [3.05, 3.63) is 34.3 Å². The van der Waals surface area contributed by atoms with Gasteiger partial charge in [0.1, 0.15) is 0 Å². The molecule has 1 aromatic carbocycles. The van der Waals surface area contributed by atoms with Gasteiger partial charge in [-0.3, -0.25) is 9.78 Å². The molecule has 0 atom stereocenters. The molecule has 0 aliphatic heterocycles. The van der Waals surface area contributed by atoms with Crippen LogP contribution in [0.2, 0.25) is 0 Å². The number of aromatic amines is 1. The molecule has 90 valence electrons. The molecule has 0 aliphatic carbocycles. The third kappa shape index (κ3) is 2.62. The SMILES string of the molecule is CNCCCC(=O)c1ccc2oc(=O)[nH]c2c1. The van der Waals surface area contributed by atoms with E-state index in [0.717, 1.165) is 13.0 Å². The maximum Gasteiger partial charge on any atom is 0.417 e. The summed E-state index contributed by atoms with van der Waals surface area (Å²) in [6.07, 6.45) is 1.30. The van der Waals surface area contributed by atoms with Crippen molar-refractivity contribution in [3.8, 4) is 0 Å². The number of rotatable bonds is 5. The van der Waals surface area contributed by atoms with Gasteiger partial charge in [0, 0.05) is 12.0 Å². The van der Waals surface area contributed by atoms with Gasteiger partial charge in [0.05, 0.1) is 5.52 Å². The fourth-order valence-electron chi connectivity index (χ4n) is 1.70. The van der Waals surface area contributed by atoms with Gasteiger partial charge >= 0.3 is 5.76 Å². The first kappa shape index (κ1) is 11.6. The van der Waals surface area contributed by atoms with Crippen molar-refractivity contribution in [1.82, 2.24) is 10.3 Å². The molecule has 2 rings (SSSR count). The van der Waals surface area contributed by atoms with Crippen LogP contribution in [-0.2, 0) is 0 Å². The minimum Gasteiger partial charge on any atom is -0.408 e. The Bertz CT molecular complexity index is 583. The Kier molecular flexibility index (Phi) is 3.39. The zero-order valence-electron chi connectivity index (χ0n) is 9.58. The van der Waals surface area contributed by atoms with E-state index in [9.17, 15) is 9.59 Å². The number of aromatic nitrogens is 1. The number of carbonyl (C=O) groups is 1. The lowest BCUT2D eigenvalue weighted by Crippen LogP contribution is -2.10. The van der Waals surface area contributed by atoms with Gasteiger partial charge in [0.25, 0.3) is 0 Å². The van der Waals surface area contributed by atoms with Crippen molar-refractivity contribution in [2.24, 2.45) is 0 Å². The fourth-order valence-corrected chi connectivity index (χ4v) is 1.70. The summed E-state index contributed by atoms with van der Waals surface area (Å²) in [7, 11) is 1.85. The fraction of sp³-hybridized carbons (Fsp3) is 0.333. The maximum absolute atomic E-state index is 11.8. The largest absolute Gasteiger partial charge is 0.417 e. The van der Waals surface area contributed by atoms with Crippen LogP contribution in [0.5, 0.6) is 0 Å². The summed E-state index contributed by atoms with van der Waals surface area (Å²) in [5, 5.41) is 2.99. The Hall–Kier alpha value is -1.88. The molecule has 17 heavy (non-hydrogen) atoms. The Balaban J connectivity index is 2.17. The highest BCUT2D eigenvalue weighted by atomic mass is 16.4. The molecule has 2 aromatic rings. The summed E-state index contributed by atoms with van der Waals surface area (Å²) in [5.74, 6) is -0.427. The second-order valence-electron chi connectivity index (χ2n) is 3.86. The summed E-state index contributed by atoms with van der Waals surface area (Å²) >= 11 is 0. The lowest BCUT2D eigenvalue weighted by Gasteiger charge is -2.00. The van der Waals surface area contributed by atoms with Crippen molar-refractivity contribution in [3.63, 3.8) is 0 Å².